The van der Waals surface area contributed by atoms with Crippen LogP contribution in [0.25, 0.3) is 0 Å². The summed E-state index contributed by atoms with van der Waals surface area (Å²) in [5.41, 5.74) is 0.151. The van der Waals surface area contributed by atoms with Gasteiger partial charge < -0.3 is 10.2 Å². The second-order valence-corrected chi connectivity index (χ2v) is 4.21. The third-order valence-electron chi connectivity index (χ3n) is 2.81. The maximum absolute atomic E-state index is 8.90. The number of unbranched alkanes of at least 4 members (excludes halogenated alkanes) is 2. The van der Waals surface area contributed by atoms with Gasteiger partial charge in [-0.2, -0.15) is 0 Å². The molecule has 0 aromatic carbocycles. The normalized spacial score (nSPS) is 12.0. The molecule has 13 heavy (non-hydrogen) atoms. The molecule has 0 fully saturated rings. The molecule has 0 atom stereocenters. The zero-order valence-corrected chi connectivity index (χ0v) is 9.05. The van der Waals surface area contributed by atoms with Crippen molar-refractivity contribution in [2.45, 2.75) is 52.4 Å². The summed E-state index contributed by atoms with van der Waals surface area (Å²) >= 11 is 0. The van der Waals surface area contributed by atoms with Gasteiger partial charge in [0.1, 0.15) is 0 Å². The Kier molecular flexibility index (Phi) is 7.29. The summed E-state index contributed by atoms with van der Waals surface area (Å²) in [5, 5.41) is 17.8. The molecular weight excluding hydrogens is 164 g/mol. The Hall–Kier alpha value is -0.0800. The van der Waals surface area contributed by atoms with Crippen LogP contribution in [0.3, 0.4) is 0 Å². The summed E-state index contributed by atoms with van der Waals surface area (Å²) in [5.74, 6) is 0. The molecule has 0 aromatic heterocycles. The Morgan fingerprint density at radius 1 is 0.923 bits per heavy atom. The summed E-state index contributed by atoms with van der Waals surface area (Å²) in [6.07, 6.45) is 6.46. The van der Waals surface area contributed by atoms with Crippen molar-refractivity contribution in [2.75, 3.05) is 13.2 Å². The molecule has 0 radical (unpaired) electrons. The maximum atomic E-state index is 8.90. The van der Waals surface area contributed by atoms with Gasteiger partial charge in [-0.3, -0.25) is 0 Å². The van der Waals surface area contributed by atoms with Crippen LogP contribution in [0.4, 0.5) is 0 Å². The van der Waals surface area contributed by atoms with Crippen molar-refractivity contribution in [1.82, 2.24) is 0 Å². The van der Waals surface area contributed by atoms with E-state index in [1.165, 1.54) is 19.3 Å². The first-order valence-electron chi connectivity index (χ1n) is 5.40. The van der Waals surface area contributed by atoms with Gasteiger partial charge in [0.25, 0.3) is 0 Å². The lowest BCUT2D eigenvalue weighted by Crippen LogP contribution is -2.19. The van der Waals surface area contributed by atoms with Gasteiger partial charge in [0.05, 0.1) is 0 Å². The molecule has 0 saturated heterocycles. The first kappa shape index (κ1) is 12.9. The molecule has 2 N–H and O–H groups in total. The van der Waals surface area contributed by atoms with E-state index in [1.807, 2.05) is 0 Å². The van der Waals surface area contributed by atoms with Crippen LogP contribution in [0.15, 0.2) is 0 Å². The van der Waals surface area contributed by atoms with E-state index in [1.54, 1.807) is 0 Å². The minimum absolute atomic E-state index is 0.151. The monoisotopic (exact) mass is 188 g/mol. The smallest absolute Gasteiger partial charge is 0.0436 e. The molecule has 0 unspecified atom stereocenters. The third kappa shape index (κ3) is 6.05. The Morgan fingerprint density at radius 2 is 1.46 bits per heavy atom. The highest BCUT2D eigenvalue weighted by molar-refractivity contribution is 4.73. The van der Waals surface area contributed by atoms with Crippen LogP contribution in [-0.4, -0.2) is 23.4 Å². The summed E-state index contributed by atoms with van der Waals surface area (Å²) in [4.78, 5) is 0. The second kappa shape index (κ2) is 7.34. The van der Waals surface area contributed by atoms with Crippen molar-refractivity contribution in [2.24, 2.45) is 5.41 Å². The molecule has 0 aliphatic heterocycles. The predicted octanol–water partition coefficient (Wildman–Crippen LogP) is 2.34. The van der Waals surface area contributed by atoms with Gasteiger partial charge in [0.15, 0.2) is 0 Å². The molecule has 0 spiro atoms. The third-order valence-corrected chi connectivity index (χ3v) is 2.81. The first-order chi connectivity index (χ1) is 6.18. The van der Waals surface area contributed by atoms with Crippen LogP contribution in [0, 0.1) is 5.41 Å². The Balaban J connectivity index is 3.76. The molecule has 0 aliphatic rings. The first-order valence-corrected chi connectivity index (χ1v) is 5.40. The lowest BCUT2D eigenvalue weighted by atomic mass is 9.79. The molecule has 0 amide bonds. The lowest BCUT2D eigenvalue weighted by Gasteiger charge is -2.28. The van der Waals surface area contributed by atoms with E-state index >= 15 is 0 Å². The van der Waals surface area contributed by atoms with E-state index < -0.39 is 0 Å². The van der Waals surface area contributed by atoms with E-state index in [0.717, 1.165) is 19.3 Å². The topological polar surface area (TPSA) is 40.5 Å². The summed E-state index contributed by atoms with van der Waals surface area (Å²) in [6, 6.07) is 0. The Labute approximate surface area is 82.0 Å². The van der Waals surface area contributed by atoms with Crippen molar-refractivity contribution >= 4 is 0 Å². The molecular formula is C11H24O2. The maximum Gasteiger partial charge on any atom is 0.0436 e. The molecule has 0 rings (SSSR count). The van der Waals surface area contributed by atoms with Crippen LogP contribution >= 0.6 is 0 Å². The molecule has 80 valence electrons. The molecule has 2 nitrogen and oxygen atoms in total. The molecule has 0 saturated carbocycles. The van der Waals surface area contributed by atoms with E-state index in [9.17, 15) is 0 Å². The van der Waals surface area contributed by atoms with E-state index in [0.29, 0.717) is 0 Å². The van der Waals surface area contributed by atoms with Crippen molar-refractivity contribution in [3.63, 3.8) is 0 Å². The average molecular weight is 188 g/mol. The van der Waals surface area contributed by atoms with Gasteiger partial charge in [0.2, 0.25) is 0 Å². The van der Waals surface area contributed by atoms with Gasteiger partial charge in [-0.1, -0.05) is 33.1 Å². The van der Waals surface area contributed by atoms with Crippen LogP contribution in [0.1, 0.15) is 52.4 Å². The largest absolute Gasteiger partial charge is 0.396 e. The SMILES string of the molecule is CCCCCC(C)(CCO)CCO. The fourth-order valence-corrected chi connectivity index (χ4v) is 1.72. The Bertz CT molecular complexity index is 107. The molecule has 2 heteroatoms. The van der Waals surface area contributed by atoms with Gasteiger partial charge in [-0.25, -0.2) is 0 Å². The van der Waals surface area contributed by atoms with Crippen LogP contribution < -0.4 is 0 Å². The molecule has 0 aliphatic carbocycles. The highest BCUT2D eigenvalue weighted by Crippen LogP contribution is 2.31. The average Bonchev–Trinajstić information content (AvgIpc) is 2.05. The molecule has 0 aromatic rings. The highest BCUT2D eigenvalue weighted by Gasteiger charge is 2.22. The Morgan fingerprint density at radius 3 is 1.85 bits per heavy atom. The number of aliphatic hydroxyl groups is 2. The predicted molar refractivity (Wildman–Crippen MR) is 55.7 cm³/mol. The van der Waals surface area contributed by atoms with Crippen LogP contribution in [0.2, 0.25) is 0 Å². The van der Waals surface area contributed by atoms with Gasteiger partial charge >= 0.3 is 0 Å². The van der Waals surface area contributed by atoms with Gasteiger partial charge in [-0.05, 0) is 24.7 Å². The fraction of sp³-hybridized carbons (Fsp3) is 1.00. The van der Waals surface area contributed by atoms with Crippen molar-refractivity contribution < 1.29 is 10.2 Å². The van der Waals surface area contributed by atoms with Crippen LogP contribution in [0.5, 0.6) is 0 Å². The van der Waals surface area contributed by atoms with Crippen molar-refractivity contribution in [1.29, 1.82) is 0 Å². The minimum Gasteiger partial charge on any atom is -0.396 e. The number of hydrogen-bond acceptors (Lipinski definition) is 2. The quantitative estimate of drug-likeness (QED) is 0.574. The lowest BCUT2D eigenvalue weighted by molar-refractivity contribution is 0.137. The second-order valence-electron chi connectivity index (χ2n) is 4.21. The zero-order chi connectivity index (χ0) is 10.2. The van der Waals surface area contributed by atoms with E-state index in [-0.39, 0.29) is 18.6 Å². The van der Waals surface area contributed by atoms with E-state index in [4.69, 9.17) is 10.2 Å². The van der Waals surface area contributed by atoms with E-state index in [2.05, 4.69) is 13.8 Å². The van der Waals surface area contributed by atoms with Crippen molar-refractivity contribution in [3.8, 4) is 0 Å². The fourth-order valence-electron chi connectivity index (χ4n) is 1.72. The van der Waals surface area contributed by atoms with Gasteiger partial charge in [0, 0.05) is 13.2 Å². The molecule has 0 bridgehead atoms. The standard InChI is InChI=1S/C11H24O2/c1-3-4-5-6-11(2,7-9-12)8-10-13/h12-13H,3-10H2,1-2H3. The van der Waals surface area contributed by atoms with Gasteiger partial charge in [-0.15, -0.1) is 0 Å². The summed E-state index contributed by atoms with van der Waals surface area (Å²) in [6.45, 7) is 4.83. The number of aliphatic hydroxyl groups excluding tert-OH is 2. The minimum atomic E-state index is 0.151. The zero-order valence-electron chi connectivity index (χ0n) is 9.05. The number of rotatable bonds is 8. The van der Waals surface area contributed by atoms with Crippen LogP contribution in [-0.2, 0) is 0 Å². The van der Waals surface area contributed by atoms with Crippen molar-refractivity contribution in [3.05, 3.63) is 0 Å². The summed E-state index contributed by atoms with van der Waals surface area (Å²) in [7, 11) is 0. The molecule has 0 heterocycles. The highest BCUT2D eigenvalue weighted by atomic mass is 16.3. The summed E-state index contributed by atoms with van der Waals surface area (Å²) < 4.78 is 0. The number of hydrogen-bond donors (Lipinski definition) is 2.